The van der Waals surface area contributed by atoms with Crippen LogP contribution < -0.4 is 10.9 Å². The van der Waals surface area contributed by atoms with Gasteiger partial charge in [0.15, 0.2) is 0 Å². The van der Waals surface area contributed by atoms with Crippen molar-refractivity contribution >= 4 is 0 Å². The van der Waals surface area contributed by atoms with Crippen LogP contribution in [0.1, 0.15) is 34.6 Å². The van der Waals surface area contributed by atoms with Crippen LogP contribution in [0.4, 0.5) is 0 Å². The Bertz CT molecular complexity index is 79.3. The van der Waals surface area contributed by atoms with Crippen LogP contribution in [0.25, 0.3) is 0 Å². The highest BCUT2D eigenvalue weighted by molar-refractivity contribution is 4.61. The van der Waals surface area contributed by atoms with E-state index in [1.165, 1.54) is 0 Å². The third-order valence-corrected chi connectivity index (χ3v) is 1.60. The normalized spacial score (nSPS) is 14.7. The zero-order valence-corrected chi connectivity index (χ0v) is 7.73. The molecule has 10 heavy (non-hydrogen) atoms. The maximum atomic E-state index is 3.23. The summed E-state index contributed by atoms with van der Waals surface area (Å²) in [5, 5.41) is 0. The fraction of sp³-hybridized carbons (Fsp3) is 1.00. The van der Waals surface area contributed by atoms with Crippen LogP contribution in [0.15, 0.2) is 0 Å². The lowest BCUT2D eigenvalue weighted by molar-refractivity contribution is 0.349. The molecule has 62 valence electrons. The quantitative estimate of drug-likeness (QED) is 0.585. The number of hydrazine groups is 1. The van der Waals surface area contributed by atoms with E-state index in [1.54, 1.807) is 0 Å². The second kappa shape index (κ2) is 4.69. The molecule has 0 aliphatic rings. The molecule has 0 radical (unpaired) electrons. The smallest absolute Gasteiger partial charge is 0.0207 e. The van der Waals surface area contributed by atoms with Gasteiger partial charge >= 0.3 is 0 Å². The second-order valence-electron chi connectivity index (χ2n) is 3.48. The van der Waals surface area contributed by atoms with Crippen LogP contribution in [-0.4, -0.2) is 12.1 Å². The van der Waals surface area contributed by atoms with Gasteiger partial charge < -0.3 is 0 Å². The van der Waals surface area contributed by atoms with Crippen LogP contribution in [0.3, 0.4) is 0 Å². The molecule has 0 aliphatic carbocycles. The van der Waals surface area contributed by atoms with E-state index in [-0.39, 0.29) is 0 Å². The van der Waals surface area contributed by atoms with Gasteiger partial charge in [-0.15, -0.1) is 0 Å². The van der Waals surface area contributed by atoms with Gasteiger partial charge in [-0.1, -0.05) is 13.8 Å². The van der Waals surface area contributed by atoms with Gasteiger partial charge in [-0.2, -0.15) is 0 Å². The summed E-state index contributed by atoms with van der Waals surface area (Å²) in [4.78, 5) is 0. The minimum atomic E-state index is 0.515. The van der Waals surface area contributed by atoms with Crippen molar-refractivity contribution in [2.24, 2.45) is 5.92 Å². The monoisotopic (exact) mass is 144 g/mol. The Hall–Kier alpha value is -0.0800. The Kier molecular flexibility index (Phi) is 4.65. The molecule has 0 heterocycles. The molecule has 2 N–H and O–H groups in total. The van der Waals surface area contributed by atoms with Gasteiger partial charge in [0.25, 0.3) is 0 Å². The van der Waals surface area contributed by atoms with E-state index in [4.69, 9.17) is 0 Å². The largest absolute Gasteiger partial charge is 0.255 e. The number of hydrogen-bond acceptors (Lipinski definition) is 2. The predicted octanol–water partition coefficient (Wildman–Crippen LogP) is 1.53. The third kappa shape index (κ3) is 4.77. The lowest BCUT2D eigenvalue weighted by Crippen LogP contribution is -2.45. The van der Waals surface area contributed by atoms with Gasteiger partial charge in [0.2, 0.25) is 0 Å². The Balaban J connectivity index is 3.30. The first kappa shape index (κ1) is 9.92. The zero-order chi connectivity index (χ0) is 8.15. The zero-order valence-electron chi connectivity index (χ0n) is 7.73. The molecule has 0 rings (SSSR count). The summed E-state index contributed by atoms with van der Waals surface area (Å²) in [5.41, 5.74) is 6.41. The topological polar surface area (TPSA) is 24.1 Å². The maximum Gasteiger partial charge on any atom is 0.0207 e. The molecule has 0 saturated heterocycles. The van der Waals surface area contributed by atoms with Gasteiger partial charge in [-0.3, -0.25) is 10.9 Å². The molecule has 2 nitrogen and oxygen atoms in total. The van der Waals surface area contributed by atoms with E-state index in [9.17, 15) is 0 Å². The standard InChI is InChI=1S/C8H20N2/c1-6(2)8(5)10-9-7(3)4/h6-10H,1-5H3. The Labute approximate surface area is 64.4 Å². The highest BCUT2D eigenvalue weighted by Gasteiger charge is 2.04. The minimum absolute atomic E-state index is 0.515. The van der Waals surface area contributed by atoms with Crippen LogP contribution in [-0.2, 0) is 0 Å². The summed E-state index contributed by atoms with van der Waals surface area (Å²) in [6.07, 6.45) is 0. The van der Waals surface area contributed by atoms with Gasteiger partial charge in [-0.25, -0.2) is 0 Å². The molecule has 0 aromatic rings. The van der Waals surface area contributed by atoms with Crippen molar-refractivity contribution in [1.29, 1.82) is 0 Å². The SMILES string of the molecule is CC(C)NNC(C)C(C)C. The van der Waals surface area contributed by atoms with Crippen molar-refractivity contribution in [2.75, 3.05) is 0 Å². The molecule has 0 saturated carbocycles. The van der Waals surface area contributed by atoms with Gasteiger partial charge in [0, 0.05) is 12.1 Å². The van der Waals surface area contributed by atoms with Crippen molar-refractivity contribution < 1.29 is 0 Å². The molecule has 1 atom stereocenters. The molecule has 0 aromatic heterocycles. The molecule has 1 unspecified atom stereocenters. The van der Waals surface area contributed by atoms with Crippen molar-refractivity contribution in [1.82, 2.24) is 10.9 Å². The summed E-state index contributed by atoms with van der Waals surface area (Å²) >= 11 is 0. The molecule has 0 fully saturated rings. The number of hydrogen-bond donors (Lipinski definition) is 2. The van der Waals surface area contributed by atoms with Crippen molar-refractivity contribution in [2.45, 2.75) is 46.7 Å². The average molecular weight is 144 g/mol. The summed E-state index contributed by atoms with van der Waals surface area (Å²) in [6, 6.07) is 1.06. The van der Waals surface area contributed by atoms with Crippen LogP contribution in [0.5, 0.6) is 0 Å². The Morgan fingerprint density at radius 2 is 1.30 bits per heavy atom. The minimum Gasteiger partial charge on any atom is -0.255 e. The molecular weight excluding hydrogens is 124 g/mol. The molecule has 0 aliphatic heterocycles. The van der Waals surface area contributed by atoms with E-state index >= 15 is 0 Å². The lowest BCUT2D eigenvalue weighted by atomic mass is 10.1. The fourth-order valence-electron chi connectivity index (χ4n) is 0.465. The van der Waals surface area contributed by atoms with Crippen molar-refractivity contribution in [3.63, 3.8) is 0 Å². The van der Waals surface area contributed by atoms with E-state index < -0.39 is 0 Å². The lowest BCUT2D eigenvalue weighted by Gasteiger charge is -2.19. The highest BCUT2D eigenvalue weighted by atomic mass is 15.4. The molecule has 0 spiro atoms. The van der Waals surface area contributed by atoms with Crippen LogP contribution >= 0.6 is 0 Å². The van der Waals surface area contributed by atoms with Crippen molar-refractivity contribution in [3.8, 4) is 0 Å². The maximum absolute atomic E-state index is 3.23. The second-order valence-corrected chi connectivity index (χ2v) is 3.48. The summed E-state index contributed by atoms with van der Waals surface area (Å²) < 4.78 is 0. The predicted molar refractivity (Wildman–Crippen MR) is 45.7 cm³/mol. The Morgan fingerprint density at radius 1 is 0.800 bits per heavy atom. The molecule has 0 aromatic carbocycles. The first-order valence-corrected chi connectivity index (χ1v) is 4.05. The van der Waals surface area contributed by atoms with Gasteiger partial charge in [0.05, 0.1) is 0 Å². The number of rotatable bonds is 4. The summed E-state index contributed by atoms with van der Waals surface area (Å²) in [6.45, 7) is 10.8. The van der Waals surface area contributed by atoms with Crippen LogP contribution in [0, 0.1) is 5.92 Å². The Morgan fingerprint density at radius 3 is 1.60 bits per heavy atom. The highest BCUT2D eigenvalue weighted by Crippen LogP contribution is 1.97. The van der Waals surface area contributed by atoms with Gasteiger partial charge in [-0.05, 0) is 26.7 Å². The van der Waals surface area contributed by atoms with E-state index in [1.807, 2.05) is 0 Å². The molecule has 2 heteroatoms. The van der Waals surface area contributed by atoms with E-state index in [0.717, 1.165) is 0 Å². The van der Waals surface area contributed by atoms with Gasteiger partial charge in [0.1, 0.15) is 0 Å². The average Bonchev–Trinajstić information content (AvgIpc) is 1.82. The van der Waals surface area contributed by atoms with Crippen molar-refractivity contribution in [3.05, 3.63) is 0 Å². The first-order chi connectivity index (χ1) is 4.54. The third-order valence-electron chi connectivity index (χ3n) is 1.60. The molecular formula is C8H20N2. The summed E-state index contributed by atoms with van der Waals surface area (Å²) in [5.74, 6) is 0.686. The van der Waals surface area contributed by atoms with E-state index in [0.29, 0.717) is 18.0 Å². The van der Waals surface area contributed by atoms with E-state index in [2.05, 4.69) is 45.5 Å². The summed E-state index contributed by atoms with van der Waals surface area (Å²) in [7, 11) is 0. The fourth-order valence-corrected chi connectivity index (χ4v) is 0.465. The van der Waals surface area contributed by atoms with Crippen LogP contribution in [0.2, 0.25) is 0 Å². The molecule has 0 amide bonds. The number of nitrogens with one attached hydrogen (secondary N) is 2. The first-order valence-electron chi connectivity index (χ1n) is 4.05. The molecule has 0 bridgehead atoms.